The summed E-state index contributed by atoms with van der Waals surface area (Å²) in [6, 6.07) is 8.14. The highest BCUT2D eigenvalue weighted by molar-refractivity contribution is 7.08. The van der Waals surface area contributed by atoms with E-state index < -0.39 is 4.92 Å². The van der Waals surface area contributed by atoms with Gasteiger partial charge in [-0.3, -0.25) is 10.1 Å². The number of hydrogen-bond acceptors (Lipinski definition) is 5. The maximum absolute atomic E-state index is 10.6. The first-order valence-corrected chi connectivity index (χ1v) is 6.38. The van der Waals surface area contributed by atoms with Gasteiger partial charge in [0.25, 0.3) is 5.69 Å². The largest absolute Gasteiger partial charge is 0.269 e. The van der Waals surface area contributed by atoms with Gasteiger partial charge in [-0.25, -0.2) is 4.68 Å². The lowest BCUT2D eigenvalue weighted by atomic mass is 10.2. The Labute approximate surface area is 112 Å². The Morgan fingerprint density at radius 3 is 2.63 bits per heavy atom. The van der Waals surface area contributed by atoms with Crippen LogP contribution in [0.25, 0.3) is 16.9 Å². The van der Waals surface area contributed by atoms with Crippen molar-refractivity contribution < 1.29 is 4.92 Å². The third-order valence-electron chi connectivity index (χ3n) is 2.64. The molecule has 0 unspecified atom stereocenters. The summed E-state index contributed by atoms with van der Waals surface area (Å²) >= 11 is 1.59. The molecule has 7 heteroatoms. The van der Waals surface area contributed by atoms with E-state index in [4.69, 9.17) is 0 Å². The van der Waals surface area contributed by atoms with Crippen molar-refractivity contribution in [2.45, 2.75) is 0 Å². The van der Waals surface area contributed by atoms with Crippen molar-refractivity contribution in [1.29, 1.82) is 0 Å². The predicted octanol–water partition coefficient (Wildman–Crippen LogP) is 2.90. The van der Waals surface area contributed by atoms with E-state index in [1.807, 2.05) is 16.8 Å². The zero-order valence-electron chi connectivity index (χ0n) is 9.63. The molecule has 0 aliphatic carbocycles. The van der Waals surface area contributed by atoms with E-state index in [9.17, 15) is 10.1 Å². The van der Waals surface area contributed by atoms with Crippen LogP contribution in [-0.2, 0) is 0 Å². The minimum absolute atomic E-state index is 0.0573. The fraction of sp³-hybridized carbons (Fsp3) is 0. The highest BCUT2D eigenvalue weighted by atomic mass is 32.1. The lowest BCUT2D eigenvalue weighted by molar-refractivity contribution is -0.384. The monoisotopic (exact) mass is 272 g/mol. The van der Waals surface area contributed by atoms with Gasteiger partial charge in [0.05, 0.1) is 16.8 Å². The molecule has 0 aliphatic rings. The molecule has 0 amide bonds. The predicted molar refractivity (Wildman–Crippen MR) is 71.3 cm³/mol. The highest BCUT2D eigenvalue weighted by Gasteiger charge is 2.08. The summed E-state index contributed by atoms with van der Waals surface area (Å²) < 4.78 is 1.59. The van der Waals surface area contributed by atoms with Crippen LogP contribution >= 0.6 is 11.3 Å². The molecule has 0 aliphatic heterocycles. The maximum Gasteiger partial charge on any atom is 0.269 e. The molecular formula is C12H8N4O2S. The van der Waals surface area contributed by atoms with Crippen LogP contribution in [0.4, 0.5) is 5.69 Å². The fourth-order valence-electron chi connectivity index (χ4n) is 1.66. The first-order valence-electron chi connectivity index (χ1n) is 5.44. The summed E-state index contributed by atoms with van der Waals surface area (Å²) in [6.45, 7) is 0. The van der Waals surface area contributed by atoms with Crippen LogP contribution in [0.5, 0.6) is 0 Å². The van der Waals surface area contributed by atoms with E-state index in [2.05, 4.69) is 10.3 Å². The number of aromatic nitrogens is 3. The molecule has 3 aromatic rings. The standard InChI is InChI=1S/C12H8N4O2S/c17-16(18)11-3-1-10(2-4-11)15-7-12(13-14-15)9-5-6-19-8-9/h1-8H. The smallest absolute Gasteiger partial charge is 0.258 e. The quantitative estimate of drug-likeness (QED) is 0.542. The van der Waals surface area contributed by atoms with Crippen molar-refractivity contribution in [3.8, 4) is 16.9 Å². The lowest BCUT2D eigenvalue weighted by Crippen LogP contribution is -1.95. The van der Waals surface area contributed by atoms with Crippen LogP contribution in [-0.4, -0.2) is 19.9 Å². The molecule has 19 heavy (non-hydrogen) atoms. The zero-order chi connectivity index (χ0) is 13.2. The molecule has 0 spiro atoms. The SMILES string of the molecule is O=[N+]([O-])c1ccc(-n2cc(-c3ccsc3)nn2)cc1. The number of benzene rings is 1. The number of nitro benzene ring substituents is 1. The Morgan fingerprint density at radius 1 is 1.21 bits per heavy atom. The van der Waals surface area contributed by atoms with Gasteiger partial charge in [-0.2, -0.15) is 11.3 Å². The van der Waals surface area contributed by atoms with E-state index in [-0.39, 0.29) is 5.69 Å². The van der Waals surface area contributed by atoms with Crippen LogP contribution < -0.4 is 0 Å². The van der Waals surface area contributed by atoms with Gasteiger partial charge >= 0.3 is 0 Å². The molecule has 94 valence electrons. The highest BCUT2D eigenvalue weighted by Crippen LogP contribution is 2.21. The van der Waals surface area contributed by atoms with Crippen LogP contribution in [0.3, 0.4) is 0 Å². The number of nitrogens with zero attached hydrogens (tertiary/aromatic N) is 4. The van der Waals surface area contributed by atoms with E-state index in [1.54, 1.807) is 34.3 Å². The Hall–Kier alpha value is -2.54. The Bertz CT molecular complexity index is 704. The van der Waals surface area contributed by atoms with Crippen molar-refractivity contribution in [3.63, 3.8) is 0 Å². The summed E-state index contributed by atoms with van der Waals surface area (Å²) in [6.07, 6.45) is 1.79. The molecule has 1 aromatic carbocycles. The van der Waals surface area contributed by atoms with Crippen molar-refractivity contribution >= 4 is 17.0 Å². The summed E-state index contributed by atoms with van der Waals surface area (Å²) in [4.78, 5) is 10.2. The second-order valence-electron chi connectivity index (χ2n) is 3.83. The van der Waals surface area contributed by atoms with Crippen LogP contribution in [0.1, 0.15) is 0 Å². The van der Waals surface area contributed by atoms with Crippen molar-refractivity contribution in [2.75, 3.05) is 0 Å². The van der Waals surface area contributed by atoms with Gasteiger partial charge in [0.15, 0.2) is 0 Å². The molecule has 2 heterocycles. The molecule has 3 rings (SSSR count). The first-order chi connectivity index (χ1) is 9.24. The molecule has 0 saturated heterocycles. The normalized spacial score (nSPS) is 10.5. The summed E-state index contributed by atoms with van der Waals surface area (Å²) in [5.41, 5.74) is 2.58. The number of nitro groups is 1. The molecule has 0 fully saturated rings. The Morgan fingerprint density at radius 2 is 2.00 bits per heavy atom. The van der Waals surface area contributed by atoms with Gasteiger partial charge in [0.2, 0.25) is 0 Å². The van der Waals surface area contributed by atoms with Crippen LogP contribution in [0, 0.1) is 10.1 Å². The van der Waals surface area contributed by atoms with Gasteiger partial charge in [-0.1, -0.05) is 5.21 Å². The minimum atomic E-state index is -0.429. The molecular weight excluding hydrogens is 264 g/mol. The molecule has 0 N–H and O–H groups in total. The number of thiophene rings is 1. The molecule has 2 aromatic heterocycles. The van der Waals surface area contributed by atoms with Crippen molar-refractivity contribution in [1.82, 2.24) is 15.0 Å². The third kappa shape index (κ3) is 2.23. The second kappa shape index (κ2) is 4.62. The summed E-state index contributed by atoms with van der Waals surface area (Å²) in [5.74, 6) is 0. The van der Waals surface area contributed by atoms with Gasteiger partial charge in [0, 0.05) is 23.1 Å². The van der Waals surface area contributed by atoms with E-state index in [0.29, 0.717) is 0 Å². The first kappa shape index (κ1) is 11.5. The van der Waals surface area contributed by atoms with E-state index in [1.165, 1.54) is 12.1 Å². The van der Waals surface area contributed by atoms with Gasteiger partial charge in [0.1, 0.15) is 5.69 Å². The summed E-state index contributed by atoms with van der Waals surface area (Å²) in [5, 5.41) is 22.6. The van der Waals surface area contributed by atoms with Gasteiger partial charge in [-0.05, 0) is 23.6 Å². The molecule has 0 radical (unpaired) electrons. The van der Waals surface area contributed by atoms with Crippen molar-refractivity contribution in [3.05, 3.63) is 57.4 Å². The number of non-ortho nitro benzene ring substituents is 1. The Kier molecular flexibility index (Phi) is 2.81. The number of hydrogen-bond donors (Lipinski definition) is 0. The van der Waals surface area contributed by atoms with Crippen molar-refractivity contribution in [2.24, 2.45) is 0 Å². The lowest BCUT2D eigenvalue weighted by Gasteiger charge is -1.98. The summed E-state index contributed by atoms with van der Waals surface area (Å²) in [7, 11) is 0. The average molecular weight is 272 g/mol. The third-order valence-corrected chi connectivity index (χ3v) is 3.32. The minimum Gasteiger partial charge on any atom is -0.258 e. The average Bonchev–Trinajstić information content (AvgIpc) is 3.10. The molecule has 0 saturated carbocycles. The van der Waals surface area contributed by atoms with Gasteiger partial charge in [-0.15, -0.1) is 5.10 Å². The topological polar surface area (TPSA) is 73.8 Å². The van der Waals surface area contributed by atoms with Crippen LogP contribution in [0.2, 0.25) is 0 Å². The zero-order valence-corrected chi connectivity index (χ0v) is 10.4. The molecule has 6 nitrogen and oxygen atoms in total. The van der Waals surface area contributed by atoms with Crippen LogP contribution in [0.15, 0.2) is 47.3 Å². The molecule has 0 bridgehead atoms. The van der Waals surface area contributed by atoms with E-state index >= 15 is 0 Å². The van der Waals surface area contributed by atoms with Gasteiger partial charge < -0.3 is 0 Å². The number of rotatable bonds is 3. The maximum atomic E-state index is 10.6. The second-order valence-corrected chi connectivity index (χ2v) is 4.61. The molecule has 0 atom stereocenters. The fourth-order valence-corrected chi connectivity index (χ4v) is 2.31. The van der Waals surface area contributed by atoms with E-state index in [0.717, 1.165) is 16.9 Å². The Balaban J connectivity index is 1.92.